The SMILES string of the molecule is CCOc1ccccc1NC(=O)Cn1nc(C)c(S(=O)(=O)N(C)C)c1C. The standard InChI is InChI=1S/C17H24N4O4S/c1-6-25-15-10-8-7-9-14(15)18-16(22)11-21-13(3)17(12(2)19-21)26(23,24)20(4)5/h7-10H,6,11H2,1-5H3,(H,18,22). The zero-order chi connectivity index (χ0) is 19.5. The molecule has 1 aromatic carbocycles. The Balaban J connectivity index is 2.24. The van der Waals surface area contributed by atoms with E-state index in [0.717, 1.165) is 4.31 Å². The topological polar surface area (TPSA) is 93.5 Å². The molecule has 0 saturated heterocycles. The Hall–Kier alpha value is -2.39. The van der Waals surface area contributed by atoms with Gasteiger partial charge in [0.2, 0.25) is 15.9 Å². The first kappa shape index (κ1) is 19.9. The van der Waals surface area contributed by atoms with Crippen LogP contribution in [0.2, 0.25) is 0 Å². The number of amides is 1. The number of aromatic nitrogens is 2. The van der Waals surface area contributed by atoms with Crippen LogP contribution >= 0.6 is 0 Å². The zero-order valence-corrected chi connectivity index (χ0v) is 16.4. The number of aryl methyl sites for hydroxylation is 1. The first-order valence-electron chi connectivity index (χ1n) is 8.16. The fourth-order valence-electron chi connectivity index (χ4n) is 2.57. The molecule has 0 fully saturated rings. The number of ether oxygens (including phenoxy) is 1. The summed E-state index contributed by atoms with van der Waals surface area (Å²) in [5, 5.41) is 6.99. The molecule has 0 aliphatic rings. The molecule has 142 valence electrons. The summed E-state index contributed by atoms with van der Waals surface area (Å²) in [6.07, 6.45) is 0. The van der Waals surface area contributed by atoms with Crippen LogP contribution in [0.1, 0.15) is 18.3 Å². The maximum Gasteiger partial charge on any atom is 0.246 e. The van der Waals surface area contributed by atoms with Gasteiger partial charge in [0.1, 0.15) is 17.2 Å². The predicted octanol–water partition coefficient (Wildman–Crippen LogP) is 1.79. The molecular weight excluding hydrogens is 356 g/mol. The largest absolute Gasteiger partial charge is 0.492 e. The number of carbonyl (C=O) groups is 1. The molecule has 1 heterocycles. The Morgan fingerprint density at radius 1 is 1.27 bits per heavy atom. The minimum absolute atomic E-state index is 0.101. The number of rotatable bonds is 7. The van der Waals surface area contributed by atoms with Crippen molar-refractivity contribution in [3.63, 3.8) is 0 Å². The molecule has 0 atom stereocenters. The van der Waals surface area contributed by atoms with Crippen LogP contribution in [-0.2, 0) is 21.4 Å². The van der Waals surface area contributed by atoms with Crippen LogP contribution < -0.4 is 10.1 Å². The Labute approximate surface area is 153 Å². The van der Waals surface area contributed by atoms with Crippen molar-refractivity contribution in [3.05, 3.63) is 35.7 Å². The third-order valence-corrected chi connectivity index (χ3v) is 5.88. The Bertz CT molecular complexity index is 903. The average Bonchev–Trinajstić information content (AvgIpc) is 2.83. The zero-order valence-electron chi connectivity index (χ0n) is 15.6. The monoisotopic (exact) mass is 380 g/mol. The van der Waals surface area contributed by atoms with Crippen molar-refractivity contribution >= 4 is 21.6 Å². The highest BCUT2D eigenvalue weighted by molar-refractivity contribution is 7.89. The molecule has 0 saturated carbocycles. The first-order chi connectivity index (χ1) is 12.2. The highest BCUT2D eigenvalue weighted by Gasteiger charge is 2.27. The number of carbonyl (C=O) groups excluding carboxylic acids is 1. The van der Waals surface area contributed by atoms with E-state index in [4.69, 9.17) is 4.74 Å². The van der Waals surface area contributed by atoms with Gasteiger partial charge >= 0.3 is 0 Å². The molecule has 0 spiro atoms. The second kappa shape index (κ2) is 7.88. The van der Waals surface area contributed by atoms with Crippen molar-refractivity contribution in [2.24, 2.45) is 0 Å². The van der Waals surface area contributed by atoms with E-state index in [1.807, 2.05) is 13.0 Å². The minimum atomic E-state index is -3.63. The predicted molar refractivity (Wildman–Crippen MR) is 98.8 cm³/mol. The quantitative estimate of drug-likeness (QED) is 0.790. The van der Waals surface area contributed by atoms with E-state index in [1.54, 1.807) is 32.0 Å². The summed E-state index contributed by atoms with van der Waals surface area (Å²) in [5.74, 6) is 0.254. The summed E-state index contributed by atoms with van der Waals surface area (Å²) < 4.78 is 32.9. The highest BCUT2D eigenvalue weighted by atomic mass is 32.2. The Kier molecular flexibility index (Phi) is 6.04. The van der Waals surface area contributed by atoms with E-state index in [2.05, 4.69) is 10.4 Å². The Morgan fingerprint density at radius 2 is 1.92 bits per heavy atom. The van der Waals surface area contributed by atoms with Crippen LogP contribution in [0, 0.1) is 13.8 Å². The Morgan fingerprint density at radius 3 is 2.54 bits per heavy atom. The van der Waals surface area contributed by atoms with Crippen LogP contribution in [-0.4, -0.2) is 49.1 Å². The molecule has 1 amide bonds. The minimum Gasteiger partial charge on any atom is -0.492 e. The number of sulfonamides is 1. The van der Waals surface area contributed by atoms with Gasteiger partial charge in [-0.1, -0.05) is 12.1 Å². The normalized spacial score (nSPS) is 11.6. The van der Waals surface area contributed by atoms with E-state index < -0.39 is 10.0 Å². The molecule has 0 aliphatic heterocycles. The fraction of sp³-hybridized carbons (Fsp3) is 0.412. The van der Waals surface area contributed by atoms with Crippen molar-refractivity contribution in [1.29, 1.82) is 0 Å². The van der Waals surface area contributed by atoms with Gasteiger partial charge in [0.25, 0.3) is 0 Å². The lowest BCUT2D eigenvalue weighted by Crippen LogP contribution is -2.24. The second-order valence-corrected chi connectivity index (χ2v) is 8.01. The van der Waals surface area contributed by atoms with Gasteiger partial charge in [0, 0.05) is 14.1 Å². The molecule has 0 unspecified atom stereocenters. The number of hydrogen-bond donors (Lipinski definition) is 1. The summed E-state index contributed by atoms with van der Waals surface area (Å²) in [4.78, 5) is 12.5. The fourth-order valence-corrected chi connectivity index (χ4v) is 3.83. The van der Waals surface area contributed by atoms with Gasteiger partial charge in [-0.2, -0.15) is 5.10 Å². The van der Waals surface area contributed by atoms with Crippen LogP contribution in [0.15, 0.2) is 29.2 Å². The molecular formula is C17H24N4O4S. The molecule has 2 aromatic rings. The number of anilines is 1. The first-order valence-corrected chi connectivity index (χ1v) is 9.60. The third kappa shape index (κ3) is 4.05. The summed E-state index contributed by atoms with van der Waals surface area (Å²) in [6, 6.07) is 7.12. The van der Waals surface area contributed by atoms with Crippen molar-refractivity contribution < 1.29 is 17.9 Å². The van der Waals surface area contributed by atoms with Crippen LogP contribution in [0.25, 0.3) is 0 Å². The van der Waals surface area contributed by atoms with E-state index >= 15 is 0 Å². The highest BCUT2D eigenvalue weighted by Crippen LogP contribution is 2.24. The van der Waals surface area contributed by atoms with E-state index in [9.17, 15) is 13.2 Å². The van der Waals surface area contributed by atoms with Gasteiger partial charge in [-0.3, -0.25) is 9.48 Å². The molecule has 8 nitrogen and oxygen atoms in total. The van der Waals surface area contributed by atoms with Crippen LogP contribution in [0.4, 0.5) is 5.69 Å². The lowest BCUT2D eigenvalue weighted by atomic mass is 10.3. The number of benzene rings is 1. The van der Waals surface area contributed by atoms with Gasteiger partial charge in [-0.05, 0) is 32.9 Å². The molecule has 0 bridgehead atoms. The van der Waals surface area contributed by atoms with E-state index in [-0.39, 0.29) is 17.3 Å². The molecule has 1 aromatic heterocycles. The third-order valence-electron chi connectivity index (χ3n) is 3.81. The van der Waals surface area contributed by atoms with E-state index in [0.29, 0.717) is 29.4 Å². The van der Waals surface area contributed by atoms with Crippen molar-refractivity contribution in [3.8, 4) is 5.75 Å². The van der Waals surface area contributed by atoms with Crippen LogP contribution in [0.3, 0.4) is 0 Å². The molecule has 1 N–H and O–H groups in total. The lowest BCUT2D eigenvalue weighted by molar-refractivity contribution is -0.117. The maximum atomic E-state index is 12.4. The molecule has 2 rings (SSSR count). The average molecular weight is 380 g/mol. The summed E-state index contributed by atoms with van der Waals surface area (Å²) in [7, 11) is -0.705. The van der Waals surface area contributed by atoms with Crippen molar-refractivity contribution in [1.82, 2.24) is 14.1 Å². The van der Waals surface area contributed by atoms with Crippen molar-refractivity contribution in [2.45, 2.75) is 32.2 Å². The summed E-state index contributed by atoms with van der Waals surface area (Å²) in [5.41, 5.74) is 1.34. The molecule has 26 heavy (non-hydrogen) atoms. The smallest absolute Gasteiger partial charge is 0.246 e. The summed E-state index contributed by atoms with van der Waals surface area (Å²) >= 11 is 0. The maximum absolute atomic E-state index is 12.4. The number of nitrogens with zero attached hydrogens (tertiary/aromatic N) is 3. The van der Waals surface area contributed by atoms with Crippen molar-refractivity contribution in [2.75, 3.05) is 26.0 Å². The van der Waals surface area contributed by atoms with Gasteiger partial charge in [-0.25, -0.2) is 12.7 Å². The number of hydrogen-bond acceptors (Lipinski definition) is 5. The van der Waals surface area contributed by atoms with Gasteiger partial charge in [0.15, 0.2) is 0 Å². The van der Waals surface area contributed by atoms with E-state index in [1.165, 1.54) is 18.8 Å². The number of nitrogens with one attached hydrogen (secondary N) is 1. The molecule has 0 radical (unpaired) electrons. The second-order valence-electron chi connectivity index (χ2n) is 5.92. The summed E-state index contributed by atoms with van der Waals surface area (Å²) in [6.45, 7) is 5.49. The van der Waals surface area contributed by atoms with Gasteiger partial charge < -0.3 is 10.1 Å². The molecule has 9 heteroatoms. The van der Waals surface area contributed by atoms with Gasteiger partial charge in [-0.15, -0.1) is 0 Å². The molecule has 0 aliphatic carbocycles. The van der Waals surface area contributed by atoms with Crippen LogP contribution in [0.5, 0.6) is 5.75 Å². The van der Waals surface area contributed by atoms with Gasteiger partial charge in [0.05, 0.1) is 23.7 Å². The lowest BCUT2D eigenvalue weighted by Gasteiger charge is -2.13. The number of para-hydroxylation sites is 2.